The zero-order valence-electron chi connectivity index (χ0n) is 6.45. The van der Waals surface area contributed by atoms with Gasteiger partial charge in [0.25, 0.3) is 5.91 Å². The summed E-state index contributed by atoms with van der Waals surface area (Å²) in [5.74, 6) is -1.13. The van der Waals surface area contributed by atoms with Gasteiger partial charge in [-0.15, -0.1) is 0 Å². The molecule has 0 fully saturated rings. The van der Waals surface area contributed by atoms with Gasteiger partial charge in [0.05, 0.1) is 5.39 Å². The van der Waals surface area contributed by atoms with Crippen LogP contribution in [0.1, 0.15) is 10.5 Å². The van der Waals surface area contributed by atoms with Crippen molar-refractivity contribution in [2.45, 2.75) is 0 Å². The van der Waals surface area contributed by atoms with Crippen LogP contribution < -0.4 is 5.73 Å². The molecule has 2 rings (SSSR count). The Labute approximate surface area is 72.1 Å². The van der Waals surface area contributed by atoms with E-state index in [0.29, 0.717) is 5.39 Å². The van der Waals surface area contributed by atoms with Crippen molar-refractivity contribution in [3.63, 3.8) is 0 Å². The fourth-order valence-corrected chi connectivity index (χ4v) is 1.09. The molecule has 0 unspecified atom stereocenters. The molecule has 1 amide bonds. The van der Waals surface area contributed by atoms with Crippen molar-refractivity contribution in [1.29, 1.82) is 0 Å². The predicted octanol–water partition coefficient (Wildman–Crippen LogP) is 1.07. The lowest BCUT2D eigenvalue weighted by molar-refractivity contribution is 0.0993. The van der Waals surface area contributed by atoms with E-state index in [-0.39, 0.29) is 11.3 Å². The highest BCUT2D eigenvalue weighted by molar-refractivity contribution is 6.03. The van der Waals surface area contributed by atoms with Gasteiger partial charge in [0, 0.05) is 6.07 Å². The van der Waals surface area contributed by atoms with E-state index in [1.807, 2.05) is 0 Å². The molecule has 0 spiro atoms. The number of benzene rings is 1. The second kappa shape index (κ2) is 2.55. The Bertz CT molecular complexity index is 478. The number of primary amides is 1. The van der Waals surface area contributed by atoms with Crippen LogP contribution in [-0.2, 0) is 0 Å². The van der Waals surface area contributed by atoms with Crippen LogP contribution in [0.3, 0.4) is 0 Å². The highest BCUT2D eigenvalue weighted by atomic mass is 19.1. The van der Waals surface area contributed by atoms with Crippen molar-refractivity contribution in [3.8, 4) is 0 Å². The lowest BCUT2D eigenvalue weighted by Gasteiger charge is -1.88. The number of nitrogens with two attached hydrogens (primary N) is 1. The van der Waals surface area contributed by atoms with Gasteiger partial charge in [-0.25, -0.2) is 4.39 Å². The van der Waals surface area contributed by atoms with Crippen LogP contribution in [0, 0.1) is 5.82 Å². The molecule has 5 heteroatoms. The summed E-state index contributed by atoms with van der Waals surface area (Å²) in [6, 6.07) is 3.77. The molecule has 2 N–H and O–H groups in total. The molecule has 0 saturated heterocycles. The van der Waals surface area contributed by atoms with Gasteiger partial charge in [0.15, 0.2) is 11.3 Å². The summed E-state index contributed by atoms with van der Waals surface area (Å²) in [5, 5.41) is 3.84. The summed E-state index contributed by atoms with van der Waals surface area (Å²) < 4.78 is 17.3. The molecular weight excluding hydrogens is 175 g/mol. The molecule has 66 valence electrons. The van der Waals surface area contributed by atoms with E-state index in [0.717, 1.165) is 6.07 Å². The number of carbonyl (C=O) groups excluding carboxylic acids is 1. The molecule has 1 aromatic heterocycles. The van der Waals surface area contributed by atoms with Gasteiger partial charge in [-0.05, 0) is 12.1 Å². The first-order chi connectivity index (χ1) is 6.18. The van der Waals surface area contributed by atoms with Crippen LogP contribution >= 0.6 is 0 Å². The number of hydrogen-bond donors (Lipinski definition) is 1. The van der Waals surface area contributed by atoms with E-state index >= 15 is 0 Å². The fraction of sp³-hybridized carbons (Fsp3) is 0. The third-order valence-electron chi connectivity index (χ3n) is 1.67. The van der Waals surface area contributed by atoms with Crippen molar-refractivity contribution in [1.82, 2.24) is 5.16 Å². The topological polar surface area (TPSA) is 69.1 Å². The number of aromatic nitrogens is 1. The number of hydrogen-bond acceptors (Lipinski definition) is 3. The second-order valence-corrected chi connectivity index (χ2v) is 2.54. The molecule has 1 heterocycles. The Morgan fingerprint density at radius 3 is 3.00 bits per heavy atom. The third kappa shape index (κ3) is 1.14. The number of halogens is 1. The van der Waals surface area contributed by atoms with Crippen LogP contribution in [0.15, 0.2) is 22.7 Å². The first kappa shape index (κ1) is 7.72. The average Bonchev–Trinajstić information content (AvgIpc) is 2.46. The lowest BCUT2D eigenvalue weighted by atomic mass is 10.2. The predicted molar refractivity (Wildman–Crippen MR) is 42.5 cm³/mol. The molecule has 2 aromatic rings. The summed E-state index contributed by atoms with van der Waals surface area (Å²) in [5.41, 5.74) is 5.25. The highest BCUT2D eigenvalue weighted by Gasteiger charge is 2.12. The first-order valence-corrected chi connectivity index (χ1v) is 3.53. The quantitative estimate of drug-likeness (QED) is 0.713. The Morgan fingerprint density at radius 1 is 1.54 bits per heavy atom. The Morgan fingerprint density at radius 2 is 2.31 bits per heavy atom. The summed E-state index contributed by atoms with van der Waals surface area (Å²) in [6.07, 6.45) is 0. The van der Waals surface area contributed by atoms with Gasteiger partial charge in [-0.1, -0.05) is 5.16 Å². The third-order valence-corrected chi connectivity index (χ3v) is 1.67. The highest BCUT2D eigenvalue weighted by Crippen LogP contribution is 2.18. The second-order valence-electron chi connectivity index (χ2n) is 2.54. The molecule has 0 atom stereocenters. The molecule has 0 bridgehead atoms. The number of amides is 1. The zero-order valence-corrected chi connectivity index (χ0v) is 6.45. The Hall–Kier alpha value is -1.91. The standard InChI is InChI=1S/C8H5FN2O2/c9-4-1-2-5-6(3-4)13-11-7(5)8(10)12/h1-3H,(H2,10,12). The Kier molecular flexibility index (Phi) is 1.51. The van der Waals surface area contributed by atoms with E-state index in [1.165, 1.54) is 12.1 Å². The molecule has 0 aliphatic carbocycles. The van der Waals surface area contributed by atoms with Crippen LogP contribution in [0.25, 0.3) is 11.0 Å². The van der Waals surface area contributed by atoms with Crippen LogP contribution in [0.4, 0.5) is 4.39 Å². The van der Waals surface area contributed by atoms with Crippen molar-refractivity contribution in [3.05, 3.63) is 29.7 Å². The van der Waals surface area contributed by atoms with E-state index < -0.39 is 11.7 Å². The van der Waals surface area contributed by atoms with Gasteiger partial charge < -0.3 is 10.3 Å². The van der Waals surface area contributed by atoms with E-state index in [9.17, 15) is 9.18 Å². The Balaban J connectivity index is 2.76. The molecule has 13 heavy (non-hydrogen) atoms. The lowest BCUT2D eigenvalue weighted by Crippen LogP contribution is -2.11. The summed E-state index contributed by atoms with van der Waals surface area (Å²) in [6.45, 7) is 0. The van der Waals surface area contributed by atoms with Gasteiger partial charge in [0.1, 0.15) is 5.82 Å². The minimum absolute atomic E-state index is 0.0231. The molecule has 0 aliphatic rings. The SMILES string of the molecule is NC(=O)c1noc2cc(F)ccc12. The molecule has 0 aliphatic heterocycles. The van der Waals surface area contributed by atoms with Gasteiger partial charge in [-0.2, -0.15) is 0 Å². The molecular formula is C8H5FN2O2. The van der Waals surface area contributed by atoms with Crippen molar-refractivity contribution >= 4 is 16.9 Å². The van der Waals surface area contributed by atoms with Crippen LogP contribution in [0.5, 0.6) is 0 Å². The van der Waals surface area contributed by atoms with Crippen molar-refractivity contribution in [2.24, 2.45) is 5.73 Å². The number of fused-ring (bicyclic) bond motifs is 1. The normalized spacial score (nSPS) is 10.5. The first-order valence-electron chi connectivity index (χ1n) is 3.53. The maximum atomic E-state index is 12.6. The molecule has 4 nitrogen and oxygen atoms in total. The minimum Gasteiger partial charge on any atom is -0.364 e. The molecule has 1 aromatic carbocycles. The monoisotopic (exact) mass is 180 g/mol. The molecule has 0 saturated carbocycles. The smallest absolute Gasteiger partial charge is 0.271 e. The number of carbonyl (C=O) groups is 1. The van der Waals surface area contributed by atoms with Crippen molar-refractivity contribution < 1.29 is 13.7 Å². The number of rotatable bonds is 1. The van der Waals surface area contributed by atoms with E-state index in [2.05, 4.69) is 5.16 Å². The fourth-order valence-electron chi connectivity index (χ4n) is 1.09. The van der Waals surface area contributed by atoms with Crippen LogP contribution in [0.2, 0.25) is 0 Å². The van der Waals surface area contributed by atoms with E-state index in [4.69, 9.17) is 10.3 Å². The number of nitrogens with zero attached hydrogens (tertiary/aromatic N) is 1. The average molecular weight is 180 g/mol. The van der Waals surface area contributed by atoms with Gasteiger partial charge in [-0.3, -0.25) is 4.79 Å². The molecule has 0 radical (unpaired) electrons. The largest absolute Gasteiger partial charge is 0.364 e. The van der Waals surface area contributed by atoms with Crippen LogP contribution in [-0.4, -0.2) is 11.1 Å². The van der Waals surface area contributed by atoms with E-state index in [1.54, 1.807) is 0 Å². The summed E-state index contributed by atoms with van der Waals surface area (Å²) >= 11 is 0. The summed E-state index contributed by atoms with van der Waals surface area (Å²) in [7, 11) is 0. The zero-order chi connectivity index (χ0) is 9.42. The van der Waals surface area contributed by atoms with Gasteiger partial charge in [0.2, 0.25) is 0 Å². The maximum absolute atomic E-state index is 12.6. The van der Waals surface area contributed by atoms with Crippen molar-refractivity contribution in [2.75, 3.05) is 0 Å². The summed E-state index contributed by atoms with van der Waals surface area (Å²) in [4.78, 5) is 10.8. The minimum atomic E-state index is -0.689. The van der Waals surface area contributed by atoms with Gasteiger partial charge >= 0.3 is 0 Å². The maximum Gasteiger partial charge on any atom is 0.271 e.